The molecule has 0 bridgehead atoms. The number of rotatable bonds is 6. The van der Waals surface area contributed by atoms with Gasteiger partial charge in [-0.15, -0.1) is 5.10 Å². The van der Waals surface area contributed by atoms with Crippen molar-refractivity contribution in [2.45, 2.75) is 26.3 Å². The number of carboxylic acid groups (broad SMARTS) is 1. The highest BCUT2D eigenvalue weighted by molar-refractivity contribution is 9.10. The molecule has 1 unspecified atom stereocenters. The first-order valence-electron chi connectivity index (χ1n) is 6.26. The predicted molar refractivity (Wildman–Crippen MR) is 76.2 cm³/mol. The second-order valence-corrected chi connectivity index (χ2v) is 5.70. The van der Waals surface area contributed by atoms with Crippen LogP contribution in [-0.4, -0.2) is 31.3 Å². The summed E-state index contributed by atoms with van der Waals surface area (Å²) < 4.78 is 2.70. The predicted octanol–water partition coefficient (Wildman–Crippen LogP) is 2.14. The first-order valence-corrected chi connectivity index (χ1v) is 7.05. The normalized spacial score (nSPS) is 12.3. The number of nitrogens with zero attached hydrogens (tertiary/aromatic N) is 4. The van der Waals surface area contributed by atoms with Crippen molar-refractivity contribution in [1.29, 1.82) is 0 Å². The van der Waals surface area contributed by atoms with E-state index < -0.39 is 5.97 Å². The van der Waals surface area contributed by atoms with Crippen molar-refractivity contribution in [3.8, 4) is 0 Å². The molecule has 0 saturated carbocycles. The van der Waals surface area contributed by atoms with Gasteiger partial charge in [-0.1, -0.05) is 35.0 Å². The monoisotopic (exact) mass is 338 g/mol. The Morgan fingerprint density at radius 3 is 2.75 bits per heavy atom. The minimum atomic E-state index is -0.806. The molecular weight excluding hydrogens is 324 g/mol. The molecule has 106 valence electrons. The molecule has 0 radical (unpaired) electrons. The lowest BCUT2D eigenvalue weighted by atomic mass is 10.1. The number of aliphatic carboxylic acids is 1. The fraction of sp³-hybridized carbons (Fsp3) is 0.385. The number of tetrazole rings is 1. The average molecular weight is 339 g/mol. The van der Waals surface area contributed by atoms with E-state index in [9.17, 15) is 4.79 Å². The first-order chi connectivity index (χ1) is 9.54. The molecule has 2 rings (SSSR count). The van der Waals surface area contributed by atoms with Gasteiger partial charge in [-0.25, -0.2) is 4.68 Å². The van der Waals surface area contributed by atoms with E-state index >= 15 is 0 Å². The summed E-state index contributed by atoms with van der Waals surface area (Å²) in [4.78, 5) is 10.7. The van der Waals surface area contributed by atoms with Crippen LogP contribution in [-0.2, 0) is 17.8 Å². The van der Waals surface area contributed by atoms with Gasteiger partial charge in [-0.3, -0.25) is 4.79 Å². The van der Waals surface area contributed by atoms with E-state index in [1.54, 1.807) is 4.68 Å². The van der Waals surface area contributed by atoms with Gasteiger partial charge in [0.1, 0.15) is 0 Å². The zero-order valence-electron chi connectivity index (χ0n) is 11.0. The molecule has 0 amide bonds. The lowest BCUT2D eigenvalue weighted by Crippen LogP contribution is -2.15. The molecule has 6 nitrogen and oxygen atoms in total. The van der Waals surface area contributed by atoms with E-state index in [0.717, 1.165) is 15.9 Å². The van der Waals surface area contributed by atoms with Gasteiger partial charge >= 0.3 is 5.97 Å². The molecule has 1 N–H and O–H groups in total. The molecule has 0 aliphatic rings. The van der Waals surface area contributed by atoms with Crippen LogP contribution in [0, 0.1) is 5.92 Å². The Morgan fingerprint density at radius 1 is 1.40 bits per heavy atom. The Balaban J connectivity index is 2.04. The third-order valence-electron chi connectivity index (χ3n) is 2.89. The second-order valence-electron chi connectivity index (χ2n) is 4.78. The number of benzene rings is 1. The van der Waals surface area contributed by atoms with Crippen molar-refractivity contribution < 1.29 is 9.90 Å². The van der Waals surface area contributed by atoms with Crippen molar-refractivity contribution >= 4 is 21.9 Å². The van der Waals surface area contributed by atoms with Gasteiger partial charge in [0.25, 0.3) is 0 Å². The minimum absolute atomic E-state index is 0.0142. The van der Waals surface area contributed by atoms with Gasteiger partial charge in [0.15, 0.2) is 5.82 Å². The number of hydrogen-bond acceptors (Lipinski definition) is 4. The topological polar surface area (TPSA) is 80.9 Å². The molecule has 0 aliphatic carbocycles. The van der Waals surface area contributed by atoms with Crippen molar-refractivity contribution in [2.24, 2.45) is 5.92 Å². The van der Waals surface area contributed by atoms with Gasteiger partial charge in [0, 0.05) is 23.9 Å². The number of halogens is 1. The maximum absolute atomic E-state index is 10.7. The maximum atomic E-state index is 10.7. The van der Waals surface area contributed by atoms with Crippen LogP contribution in [0.2, 0.25) is 0 Å². The molecular formula is C13H15BrN4O2. The highest BCUT2D eigenvalue weighted by Gasteiger charge is 2.13. The summed E-state index contributed by atoms with van der Waals surface area (Å²) >= 11 is 3.39. The van der Waals surface area contributed by atoms with Crippen LogP contribution in [0.25, 0.3) is 0 Å². The maximum Gasteiger partial charge on any atom is 0.303 e. The van der Waals surface area contributed by atoms with Crippen molar-refractivity contribution in [3.63, 3.8) is 0 Å². The quantitative estimate of drug-likeness (QED) is 0.872. The molecule has 0 fully saturated rings. The molecule has 0 spiro atoms. The smallest absolute Gasteiger partial charge is 0.303 e. The first kappa shape index (κ1) is 14.6. The summed E-state index contributed by atoms with van der Waals surface area (Å²) in [5.74, 6) is -0.0794. The Hall–Kier alpha value is -1.76. The van der Waals surface area contributed by atoms with Crippen LogP contribution in [0.5, 0.6) is 0 Å². The van der Waals surface area contributed by atoms with E-state index in [1.165, 1.54) is 0 Å². The number of aromatic nitrogens is 4. The molecule has 1 atom stereocenters. The fourth-order valence-corrected chi connectivity index (χ4v) is 2.20. The zero-order chi connectivity index (χ0) is 14.5. The molecule has 7 heteroatoms. The zero-order valence-corrected chi connectivity index (χ0v) is 12.6. The number of carboxylic acids is 1. The van der Waals surface area contributed by atoms with E-state index in [2.05, 4.69) is 31.5 Å². The van der Waals surface area contributed by atoms with Gasteiger partial charge in [-0.05, 0) is 34.0 Å². The van der Waals surface area contributed by atoms with Crippen LogP contribution in [0.4, 0.5) is 0 Å². The Kier molecular flexibility index (Phi) is 4.84. The summed E-state index contributed by atoms with van der Waals surface area (Å²) in [6.07, 6.45) is 0.734. The lowest BCUT2D eigenvalue weighted by molar-refractivity contribution is -0.138. The molecule has 0 aliphatic heterocycles. The number of carbonyl (C=O) groups is 1. The molecule has 1 aromatic heterocycles. The Labute approximate surface area is 124 Å². The standard InChI is InChI=1S/C13H15BrN4O2/c1-9(6-13(19)20)8-18-12(15-16-17-18)7-10-2-4-11(14)5-3-10/h2-5,9H,6-8H2,1H3,(H,19,20). The van der Waals surface area contributed by atoms with E-state index in [-0.39, 0.29) is 12.3 Å². The summed E-state index contributed by atoms with van der Waals surface area (Å²) in [6.45, 7) is 2.38. The van der Waals surface area contributed by atoms with Gasteiger partial charge in [0.2, 0.25) is 0 Å². The Bertz CT molecular complexity index is 582. The summed E-state index contributed by atoms with van der Waals surface area (Å²) in [7, 11) is 0. The van der Waals surface area contributed by atoms with Crippen molar-refractivity contribution in [2.75, 3.05) is 0 Å². The van der Waals surface area contributed by atoms with Crippen LogP contribution in [0.1, 0.15) is 24.7 Å². The fourth-order valence-electron chi connectivity index (χ4n) is 1.93. The second kappa shape index (κ2) is 6.60. The summed E-state index contributed by atoms with van der Waals surface area (Å²) in [5.41, 5.74) is 1.11. The third-order valence-corrected chi connectivity index (χ3v) is 3.42. The number of hydrogen-bond donors (Lipinski definition) is 1. The van der Waals surface area contributed by atoms with Crippen LogP contribution in [0.15, 0.2) is 28.7 Å². The van der Waals surface area contributed by atoms with E-state index in [4.69, 9.17) is 5.11 Å². The molecule has 20 heavy (non-hydrogen) atoms. The summed E-state index contributed by atoms with van der Waals surface area (Å²) in [6, 6.07) is 7.95. The SMILES string of the molecule is CC(CC(=O)O)Cn1nnnc1Cc1ccc(Br)cc1. The van der Waals surface area contributed by atoms with Gasteiger partial charge < -0.3 is 5.11 Å². The van der Waals surface area contributed by atoms with Crippen LogP contribution >= 0.6 is 15.9 Å². The van der Waals surface area contributed by atoms with Crippen LogP contribution < -0.4 is 0 Å². The highest BCUT2D eigenvalue weighted by Crippen LogP contribution is 2.14. The molecule has 1 heterocycles. The highest BCUT2D eigenvalue weighted by atomic mass is 79.9. The molecule has 1 aromatic carbocycles. The average Bonchev–Trinajstić information content (AvgIpc) is 2.78. The molecule has 2 aromatic rings. The van der Waals surface area contributed by atoms with Crippen molar-refractivity contribution in [1.82, 2.24) is 20.2 Å². The van der Waals surface area contributed by atoms with Gasteiger partial charge in [-0.2, -0.15) is 0 Å². The van der Waals surface area contributed by atoms with Crippen LogP contribution in [0.3, 0.4) is 0 Å². The minimum Gasteiger partial charge on any atom is -0.481 e. The van der Waals surface area contributed by atoms with Crippen molar-refractivity contribution in [3.05, 3.63) is 40.1 Å². The Morgan fingerprint density at radius 2 is 2.10 bits per heavy atom. The molecule has 0 saturated heterocycles. The van der Waals surface area contributed by atoms with E-state index in [1.807, 2.05) is 31.2 Å². The van der Waals surface area contributed by atoms with Gasteiger partial charge in [0.05, 0.1) is 0 Å². The lowest BCUT2D eigenvalue weighted by Gasteiger charge is -2.10. The summed E-state index contributed by atoms with van der Waals surface area (Å²) in [5, 5.41) is 20.4. The third kappa shape index (κ3) is 4.12. The van der Waals surface area contributed by atoms with E-state index in [0.29, 0.717) is 13.0 Å². The largest absolute Gasteiger partial charge is 0.481 e.